The largest absolute Gasteiger partial charge is 0.497 e. The van der Waals surface area contributed by atoms with Crippen LogP contribution in [0.4, 0.5) is 5.69 Å². The van der Waals surface area contributed by atoms with Crippen molar-refractivity contribution in [2.75, 3.05) is 26.2 Å². The predicted octanol–water partition coefficient (Wildman–Crippen LogP) is 2.70. The van der Waals surface area contributed by atoms with E-state index in [1.807, 2.05) is 0 Å². The van der Waals surface area contributed by atoms with E-state index in [4.69, 9.17) is 9.47 Å². The molecule has 2 fully saturated rings. The monoisotopic (exact) mass is 333 g/mol. The van der Waals surface area contributed by atoms with Crippen molar-refractivity contribution in [2.45, 2.75) is 32.1 Å². The van der Waals surface area contributed by atoms with Crippen LogP contribution >= 0.6 is 0 Å². The Hall–Kier alpha value is -2.24. The lowest BCUT2D eigenvalue weighted by Crippen LogP contribution is -2.61. The van der Waals surface area contributed by atoms with Gasteiger partial charge in [0.05, 0.1) is 19.9 Å². The van der Waals surface area contributed by atoms with Crippen LogP contribution in [0, 0.1) is 10.8 Å². The number of carbonyl (C=O) groups excluding carboxylic acids is 1. The zero-order valence-corrected chi connectivity index (χ0v) is 14.3. The number of ether oxygens (including phenoxy) is 2. The fourth-order valence-electron chi connectivity index (χ4n) is 4.08. The van der Waals surface area contributed by atoms with Crippen molar-refractivity contribution < 1.29 is 24.2 Å². The zero-order valence-electron chi connectivity index (χ0n) is 14.3. The highest BCUT2D eigenvalue weighted by Gasteiger charge is 2.65. The van der Waals surface area contributed by atoms with Crippen molar-refractivity contribution >= 4 is 17.6 Å². The SMILES string of the molecule is COc1cc(OC)cc(N(C)C(=O)C2(C(=O)O)CC3(CCC3)C2)c1. The summed E-state index contributed by atoms with van der Waals surface area (Å²) in [7, 11) is 4.67. The predicted molar refractivity (Wildman–Crippen MR) is 88.5 cm³/mol. The molecule has 2 aliphatic carbocycles. The van der Waals surface area contributed by atoms with Crippen molar-refractivity contribution in [2.24, 2.45) is 10.8 Å². The Balaban J connectivity index is 1.87. The van der Waals surface area contributed by atoms with Crippen LogP contribution < -0.4 is 14.4 Å². The highest BCUT2D eigenvalue weighted by atomic mass is 16.5. The molecule has 0 unspecified atom stereocenters. The fourth-order valence-corrected chi connectivity index (χ4v) is 4.08. The normalized spacial score (nSPS) is 19.8. The molecule has 0 heterocycles. The van der Waals surface area contributed by atoms with Crippen LogP contribution in [0.3, 0.4) is 0 Å². The molecule has 3 rings (SSSR count). The van der Waals surface area contributed by atoms with Crippen LogP contribution in [0.5, 0.6) is 11.5 Å². The summed E-state index contributed by atoms with van der Waals surface area (Å²) in [5, 5.41) is 9.71. The van der Waals surface area contributed by atoms with Crippen LogP contribution in [-0.2, 0) is 9.59 Å². The van der Waals surface area contributed by atoms with Crippen molar-refractivity contribution in [3.05, 3.63) is 18.2 Å². The van der Waals surface area contributed by atoms with E-state index in [0.29, 0.717) is 30.0 Å². The summed E-state index contributed by atoms with van der Waals surface area (Å²) in [6.07, 6.45) is 4.09. The second-order valence-corrected chi connectivity index (χ2v) is 7.03. The maximum atomic E-state index is 13.0. The van der Waals surface area contributed by atoms with Gasteiger partial charge in [-0.2, -0.15) is 0 Å². The second kappa shape index (κ2) is 5.69. The quantitative estimate of drug-likeness (QED) is 0.839. The highest BCUT2D eigenvalue weighted by molar-refractivity contribution is 6.10. The fraction of sp³-hybridized carbons (Fsp3) is 0.556. The number of carboxylic acid groups (broad SMARTS) is 1. The number of nitrogens with zero attached hydrogens (tertiary/aromatic N) is 1. The molecule has 0 bridgehead atoms. The minimum Gasteiger partial charge on any atom is -0.497 e. The van der Waals surface area contributed by atoms with Gasteiger partial charge >= 0.3 is 5.97 Å². The van der Waals surface area contributed by atoms with Gasteiger partial charge in [0.15, 0.2) is 0 Å². The van der Waals surface area contributed by atoms with Crippen molar-refractivity contribution in [1.29, 1.82) is 0 Å². The van der Waals surface area contributed by atoms with Crippen LogP contribution in [-0.4, -0.2) is 38.3 Å². The standard InChI is InChI=1S/C18H23NO5/c1-19(12-7-13(23-2)9-14(8-12)24-3)15(20)18(16(21)22)10-17(11-18)5-4-6-17/h7-9H,4-6,10-11H2,1-3H3,(H,21,22). The molecule has 0 atom stereocenters. The second-order valence-electron chi connectivity index (χ2n) is 7.03. The molecule has 1 amide bonds. The van der Waals surface area contributed by atoms with E-state index >= 15 is 0 Å². The first-order valence-corrected chi connectivity index (χ1v) is 8.10. The molecule has 0 radical (unpaired) electrons. The number of rotatable bonds is 5. The van der Waals surface area contributed by atoms with E-state index in [1.54, 1.807) is 25.2 Å². The lowest BCUT2D eigenvalue weighted by Gasteiger charge is -2.58. The van der Waals surface area contributed by atoms with Gasteiger partial charge in [-0.15, -0.1) is 0 Å². The van der Waals surface area contributed by atoms with Gasteiger partial charge < -0.3 is 19.5 Å². The smallest absolute Gasteiger partial charge is 0.319 e. The first-order valence-electron chi connectivity index (χ1n) is 8.10. The Morgan fingerprint density at radius 2 is 1.62 bits per heavy atom. The van der Waals surface area contributed by atoms with Gasteiger partial charge in [-0.1, -0.05) is 6.42 Å². The van der Waals surface area contributed by atoms with Gasteiger partial charge in [-0.05, 0) is 31.1 Å². The van der Waals surface area contributed by atoms with Gasteiger partial charge in [0, 0.05) is 25.2 Å². The van der Waals surface area contributed by atoms with Gasteiger partial charge in [0.2, 0.25) is 5.91 Å². The third-order valence-electron chi connectivity index (χ3n) is 5.61. The molecule has 1 aromatic rings. The molecule has 2 aliphatic rings. The van der Waals surface area contributed by atoms with E-state index in [2.05, 4.69) is 0 Å². The summed E-state index contributed by atoms with van der Waals surface area (Å²) >= 11 is 0. The van der Waals surface area contributed by atoms with Crippen molar-refractivity contribution in [1.82, 2.24) is 0 Å². The van der Waals surface area contributed by atoms with Gasteiger partial charge in [0.25, 0.3) is 0 Å². The van der Waals surface area contributed by atoms with Gasteiger partial charge in [0.1, 0.15) is 16.9 Å². The number of amides is 1. The highest BCUT2D eigenvalue weighted by Crippen LogP contribution is 2.65. The van der Waals surface area contributed by atoms with E-state index in [1.165, 1.54) is 19.1 Å². The van der Waals surface area contributed by atoms with E-state index in [9.17, 15) is 14.7 Å². The van der Waals surface area contributed by atoms with Crippen LogP contribution in [0.15, 0.2) is 18.2 Å². The topological polar surface area (TPSA) is 76.1 Å². The van der Waals surface area contributed by atoms with Crippen LogP contribution in [0.1, 0.15) is 32.1 Å². The molecule has 6 nitrogen and oxygen atoms in total. The molecule has 6 heteroatoms. The average Bonchev–Trinajstić information content (AvgIpc) is 2.50. The number of methoxy groups -OCH3 is 2. The molecule has 0 saturated heterocycles. The van der Waals surface area contributed by atoms with E-state index in [0.717, 1.165) is 19.3 Å². The minimum atomic E-state index is -1.30. The number of anilines is 1. The zero-order chi connectivity index (χ0) is 17.5. The Morgan fingerprint density at radius 1 is 1.08 bits per heavy atom. The van der Waals surface area contributed by atoms with E-state index < -0.39 is 11.4 Å². The molecule has 130 valence electrons. The Morgan fingerprint density at radius 3 is 2.00 bits per heavy atom. The molecule has 1 aromatic carbocycles. The minimum absolute atomic E-state index is 0.0843. The number of hydrogen-bond donors (Lipinski definition) is 1. The molecule has 0 aromatic heterocycles. The molecule has 24 heavy (non-hydrogen) atoms. The summed E-state index contributed by atoms with van der Waals surface area (Å²) in [5.41, 5.74) is -0.654. The van der Waals surface area contributed by atoms with Gasteiger partial charge in [-0.25, -0.2) is 0 Å². The number of hydrogen-bond acceptors (Lipinski definition) is 4. The van der Waals surface area contributed by atoms with Crippen molar-refractivity contribution in [3.63, 3.8) is 0 Å². The number of benzene rings is 1. The van der Waals surface area contributed by atoms with Crippen molar-refractivity contribution in [3.8, 4) is 11.5 Å². The lowest BCUT2D eigenvalue weighted by molar-refractivity contribution is -0.179. The molecular formula is C18H23NO5. The summed E-state index contributed by atoms with van der Waals surface area (Å²) in [6.45, 7) is 0. The third kappa shape index (κ3) is 2.41. The number of carbonyl (C=O) groups is 2. The molecule has 0 aliphatic heterocycles. The lowest BCUT2D eigenvalue weighted by atomic mass is 9.45. The van der Waals surface area contributed by atoms with E-state index in [-0.39, 0.29) is 11.3 Å². The third-order valence-corrected chi connectivity index (χ3v) is 5.61. The maximum Gasteiger partial charge on any atom is 0.319 e. The van der Waals surface area contributed by atoms with Crippen LogP contribution in [0.2, 0.25) is 0 Å². The first-order chi connectivity index (χ1) is 11.4. The molecular weight excluding hydrogens is 310 g/mol. The first kappa shape index (κ1) is 16.6. The summed E-state index contributed by atoms with van der Waals surface area (Å²) in [6, 6.07) is 5.11. The Bertz CT molecular complexity index is 650. The Kier molecular flexibility index (Phi) is 3.94. The molecule has 2 saturated carbocycles. The Labute approximate surface area is 141 Å². The van der Waals surface area contributed by atoms with Gasteiger partial charge in [-0.3, -0.25) is 9.59 Å². The number of carboxylic acids is 1. The number of aliphatic carboxylic acids is 1. The summed E-state index contributed by atoms with van der Waals surface area (Å²) in [5.74, 6) is -0.288. The van der Waals surface area contributed by atoms with Crippen LogP contribution in [0.25, 0.3) is 0 Å². The average molecular weight is 333 g/mol. The summed E-state index contributed by atoms with van der Waals surface area (Å²) < 4.78 is 10.5. The summed E-state index contributed by atoms with van der Waals surface area (Å²) in [4.78, 5) is 26.2. The maximum absolute atomic E-state index is 13.0. The molecule has 1 N–H and O–H groups in total. The molecule has 1 spiro atoms.